The first-order chi connectivity index (χ1) is 9.13. The van der Waals surface area contributed by atoms with Gasteiger partial charge in [-0.3, -0.25) is 4.79 Å². The molecule has 4 nitrogen and oxygen atoms in total. The minimum atomic E-state index is -0.470. The van der Waals surface area contributed by atoms with Crippen molar-refractivity contribution in [2.24, 2.45) is 0 Å². The summed E-state index contributed by atoms with van der Waals surface area (Å²) in [6.45, 7) is 2.51. The summed E-state index contributed by atoms with van der Waals surface area (Å²) in [5, 5.41) is 2.72. The van der Waals surface area contributed by atoms with E-state index >= 15 is 0 Å². The summed E-state index contributed by atoms with van der Waals surface area (Å²) >= 11 is 2.12. The first-order valence-electron chi connectivity index (χ1n) is 6.33. The minimum Gasteiger partial charge on any atom is -0.452 e. The predicted molar refractivity (Wildman–Crippen MR) is 82.0 cm³/mol. The van der Waals surface area contributed by atoms with Crippen LogP contribution in [0.1, 0.15) is 36.5 Å². The largest absolute Gasteiger partial charge is 0.452 e. The van der Waals surface area contributed by atoms with Crippen molar-refractivity contribution in [3.63, 3.8) is 0 Å². The lowest BCUT2D eigenvalue weighted by Gasteiger charge is -2.06. The summed E-state index contributed by atoms with van der Waals surface area (Å²) in [4.78, 5) is 23.1. The Hall–Kier alpha value is -1.11. The van der Waals surface area contributed by atoms with Crippen LogP contribution in [-0.4, -0.2) is 25.0 Å². The lowest BCUT2D eigenvalue weighted by molar-refractivity contribution is -0.124. The Morgan fingerprint density at radius 1 is 1.32 bits per heavy atom. The van der Waals surface area contributed by atoms with Gasteiger partial charge in [-0.1, -0.05) is 25.8 Å². The Bertz CT molecular complexity index is 434. The second kappa shape index (κ2) is 8.90. The van der Waals surface area contributed by atoms with Crippen molar-refractivity contribution in [2.75, 3.05) is 13.2 Å². The summed E-state index contributed by atoms with van der Waals surface area (Å²) < 4.78 is 5.90. The number of nitrogens with one attached hydrogen (secondary N) is 1. The monoisotopic (exact) mass is 375 g/mol. The molecule has 1 rings (SSSR count). The van der Waals surface area contributed by atoms with Gasteiger partial charge in [0.25, 0.3) is 5.91 Å². The third kappa shape index (κ3) is 6.56. The van der Waals surface area contributed by atoms with Gasteiger partial charge in [-0.25, -0.2) is 4.79 Å². The van der Waals surface area contributed by atoms with E-state index in [2.05, 4.69) is 34.8 Å². The number of ether oxygens (including phenoxy) is 1. The standard InChI is InChI=1S/C14H18INO3/c1-2-3-4-8-16-13(17)10-19-14(18)11-6-5-7-12(15)9-11/h5-7,9H,2-4,8,10H2,1H3,(H,16,17). The van der Waals surface area contributed by atoms with E-state index in [9.17, 15) is 9.59 Å². The topological polar surface area (TPSA) is 55.4 Å². The van der Waals surface area contributed by atoms with Gasteiger partial charge in [0.15, 0.2) is 6.61 Å². The molecule has 0 fully saturated rings. The number of esters is 1. The number of hydrogen-bond acceptors (Lipinski definition) is 3. The van der Waals surface area contributed by atoms with Crippen molar-refractivity contribution >= 4 is 34.5 Å². The van der Waals surface area contributed by atoms with Crippen LogP contribution in [0.2, 0.25) is 0 Å². The zero-order chi connectivity index (χ0) is 14.1. The van der Waals surface area contributed by atoms with Crippen molar-refractivity contribution in [2.45, 2.75) is 26.2 Å². The molecule has 0 unspecified atom stereocenters. The molecule has 0 saturated heterocycles. The molecular formula is C14H18INO3. The van der Waals surface area contributed by atoms with Crippen molar-refractivity contribution in [1.29, 1.82) is 0 Å². The maximum atomic E-state index is 11.7. The fraction of sp³-hybridized carbons (Fsp3) is 0.429. The molecule has 19 heavy (non-hydrogen) atoms. The molecule has 0 heterocycles. The zero-order valence-corrected chi connectivity index (χ0v) is 13.1. The van der Waals surface area contributed by atoms with E-state index in [1.54, 1.807) is 18.2 Å². The molecule has 0 radical (unpaired) electrons. The van der Waals surface area contributed by atoms with Crippen molar-refractivity contribution in [3.05, 3.63) is 33.4 Å². The molecule has 0 aromatic heterocycles. The van der Waals surface area contributed by atoms with Gasteiger partial charge in [0.2, 0.25) is 0 Å². The number of halogens is 1. The zero-order valence-electron chi connectivity index (χ0n) is 10.9. The molecule has 1 aromatic carbocycles. The quantitative estimate of drug-likeness (QED) is 0.453. The van der Waals surface area contributed by atoms with Gasteiger partial charge < -0.3 is 10.1 Å². The second-order valence-electron chi connectivity index (χ2n) is 4.14. The van der Waals surface area contributed by atoms with Crippen LogP contribution in [0.15, 0.2) is 24.3 Å². The number of hydrogen-bond donors (Lipinski definition) is 1. The Morgan fingerprint density at radius 2 is 2.11 bits per heavy atom. The van der Waals surface area contributed by atoms with Gasteiger partial charge in [0, 0.05) is 10.1 Å². The van der Waals surface area contributed by atoms with Crippen molar-refractivity contribution in [3.8, 4) is 0 Å². The molecule has 0 spiro atoms. The molecule has 0 aliphatic carbocycles. The van der Waals surface area contributed by atoms with Crippen LogP contribution < -0.4 is 5.32 Å². The van der Waals surface area contributed by atoms with E-state index in [4.69, 9.17) is 4.74 Å². The summed E-state index contributed by atoms with van der Waals surface area (Å²) in [5.74, 6) is -0.725. The normalized spacial score (nSPS) is 10.0. The molecule has 1 aromatic rings. The van der Waals surface area contributed by atoms with Crippen LogP contribution in [0.25, 0.3) is 0 Å². The maximum absolute atomic E-state index is 11.7. The van der Waals surface area contributed by atoms with E-state index in [-0.39, 0.29) is 12.5 Å². The predicted octanol–water partition coefficient (Wildman–Crippen LogP) is 2.75. The third-order valence-electron chi connectivity index (χ3n) is 2.50. The Balaban J connectivity index is 2.28. The van der Waals surface area contributed by atoms with E-state index in [0.29, 0.717) is 12.1 Å². The van der Waals surface area contributed by atoms with E-state index in [1.807, 2.05) is 6.07 Å². The first kappa shape index (κ1) is 15.9. The molecule has 0 aliphatic heterocycles. The lowest BCUT2D eigenvalue weighted by Crippen LogP contribution is -2.29. The molecule has 0 saturated carbocycles. The summed E-state index contributed by atoms with van der Waals surface area (Å²) in [5.41, 5.74) is 0.464. The highest BCUT2D eigenvalue weighted by Crippen LogP contribution is 2.08. The van der Waals surface area contributed by atoms with Crippen molar-refractivity contribution in [1.82, 2.24) is 5.32 Å². The van der Waals surface area contributed by atoms with Gasteiger partial charge in [-0.15, -0.1) is 0 Å². The highest BCUT2D eigenvalue weighted by molar-refractivity contribution is 14.1. The maximum Gasteiger partial charge on any atom is 0.338 e. The van der Waals surface area contributed by atoms with Gasteiger partial charge in [-0.05, 0) is 47.2 Å². The summed E-state index contributed by atoms with van der Waals surface area (Å²) in [6.07, 6.45) is 3.15. The van der Waals surface area contributed by atoms with Gasteiger partial charge in [-0.2, -0.15) is 0 Å². The van der Waals surface area contributed by atoms with Crippen LogP contribution in [0.5, 0.6) is 0 Å². The Kier molecular flexibility index (Phi) is 7.47. The molecular weight excluding hydrogens is 357 g/mol. The number of amides is 1. The third-order valence-corrected chi connectivity index (χ3v) is 3.17. The Labute approximate surface area is 127 Å². The van der Waals surface area contributed by atoms with Crippen molar-refractivity contribution < 1.29 is 14.3 Å². The molecule has 1 N–H and O–H groups in total. The molecule has 1 amide bonds. The number of carbonyl (C=O) groups is 2. The number of carbonyl (C=O) groups excluding carboxylic acids is 2. The number of rotatable bonds is 7. The number of benzene rings is 1. The second-order valence-corrected chi connectivity index (χ2v) is 5.39. The molecule has 5 heteroatoms. The van der Waals surface area contributed by atoms with Gasteiger partial charge in [0.1, 0.15) is 0 Å². The molecule has 0 aliphatic rings. The smallest absolute Gasteiger partial charge is 0.338 e. The van der Waals surface area contributed by atoms with E-state index in [1.165, 1.54) is 0 Å². The fourth-order valence-electron chi connectivity index (χ4n) is 1.48. The SMILES string of the molecule is CCCCCNC(=O)COC(=O)c1cccc(I)c1. The van der Waals surface area contributed by atoms with Crippen LogP contribution in [0.3, 0.4) is 0 Å². The van der Waals surface area contributed by atoms with Gasteiger partial charge in [0.05, 0.1) is 5.56 Å². The lowest BCUT2D eigenvalue weighted by atomic mass is 10.2. The molecule has 0 atom stereocenters. The fourth-order valence-corrected chi connectivity index (χ4v) is 2.03. The van der Waals surface area contributed by atoms with E-state index < -0.39 is 5.97 Å². The van der Waals surface area contributed by atoms with Crippen LogP contribution >= 0.6 is 22.6 Å². The van der Waals surface area contributed by atoms with Crippen LogP contribution in [-0.2, 0) is 9.53 Å². The average Bonchev–Trinajstić information content (AvgIpc) is 2.41. The first-order valence-corrected chi connectivity index (χ1v) is 7.40. The van der Waals surface area contributed by atoms with E-state index in [0.717, 1.165) is 22.8 Å². The summed E-state index contributed by atoms with van der Waals surface area (Å²) in [7, 11) is 0. The van der Waals surface area contributed by atoms with Gasteiger partial charge >= 0.3 is 5.97 Å². The molecule has 0 bridgehead atoms. The summed E-state index contributed by atoms with van der Waals surface area (Å²) in [6, 6.07) is 7.06. The minimum absolute atomic E-state index is 0.226. The van der Waals surface area contributed by atoms with Crippen LogP contribution in [0.4, 0.5) is 0 Å². The highest BCUT2D eigenvalue weighted by atomic mass is 127. The highest BCUT2D eigenvalue weighted by Gasteiger charge is 2.09. The molecule has 104 valence electrons. The Morgan fingerprint density at radius 3 is 2.79 bits per heavy atom. The number of unbranched alkanes of at least 4 members (excludes halogenated alkanes) is 2. The average molecular weight is 375 g/mol. The van der Waals surface area contributed by atoms with Crippen LogP contribution in [0, 0.1) is 3.57 Å².